The lowest BCUT2D eigenvalue weighted by atomic mass is 10.1. The number of allylic oxidation sites excluding steroid dienone is 1. The van der Waals surface area contributed by atoms with Gasteiger partial charge in [0.1, 0.15) is 6.61 Å². The maximum absolute atomic E-state index is 11.7. The van der Waals surface area contributed by atoms with Crippen LogP contribution in [0.15, 0.2) is 47.3 Å². The number of aliphatic imine (C=N–C) groups is 1. The minimum absolute atomic E-state index is 0.0634. The molecule has 0 bridgehead atoms. The van der Waals surface area contributed by atoms with Gasteiger partial charge in [0.25, 0.3) is 0 Å². The summed E-state index contributed by atoms with van der Waals surface area (Å²) in [5, 5.41) is 0. The Labute approximate surface area is 105 Å². The molecule has 0 aromatic heterocycles. The Morgan fingerprint density at radius 2 is 2.06 bits per heavy atom. The molecule has 0 N–H and O–H groups in total. The maximum atomic E-state index is 11.7. The fourth-order valence-corrected chi connectivity index (χ4v) is 1.64. The molecule has 4 heteroatoms. The molecule has 0 spiro atoms. The number of halogens is 1. The van der Waals surface area contributed by atoms with Crippen molar-refractivity contribution in [1.82, 2.24) is 0 Å². The highest BCUT2D eigenvalue weighted by atomic mass is 35.5. The largest absolute Gasteiger partial charge is 0.484 e. The number of nitrogens with zero attached hydrogens (tertiary/aromatic N) is 1. The van der Waals surface area contributed by atoms with Gasteiger partial charge >= 0.3 is 0 Å². The first-order valence-electron chi connectivity index (χ1n) is 5.31. The second kappa shape index (κ2) is 5.64. The van der Waals surface area contributed by atoms with Gasteiger partial charge in [0.05, 0.1) is 18.5 Å². The molecule has 1 aliphatic heterocycles. The molecule has 0 fully saturated rings. The SMILES string of the molecule is O=C1CC(CCl)=NC=C1OCc1ccccc1. The van der Waals surface area contributed by atoms with Crippen LogP contribution in [0.1, 0.15) is 12.0 Å². The zero-order chi connectivity index (χ0) is 12.1. The normalized spacial score (nSPS) is 15.2. The molecule has 88 valence electrons. The Morgan fingerprint density at radius 3 is 2.71 bits per heavy atom. The molecule has 3 nitrogen and oxygen atoms in total. The highest BCUT2D eigenvalue weighted by Crippen LogP contribution is 2.13. The van der Waals surface area contributed by atoms with E-state index in [0.717, 1.165) is 5.56 Å². The third-order valence-electron chi connectivity index (χ3n) is 2.40. The Hall–Kier alpha value is -1.61. The fraction of sp³-hybridized carbons (Fsp3) is 0.231. The Morgan fingerprint density at radius 1 is 1.29 bits per heavy atom. The smallest absolute Gasteiger partial charge is 0.204 e. The van der Waals surface area contributed by atoms with Crippen molar-refractivity contribution in [2.75, 3.05) is 5.88 Å². The molecule has 0 amide bonds. The van der Waals surface area contributed by atoms with Crippen molar-refractivity contribution in [3.63, 3.8) is 0 Å². The van der Waals surface area contributed by atoms with Crippen molar-refractivity contribution >= 4 is 23.1 Å². The minimum atomic E-state index is -0.0634. The summed E-state index contributed by atoms with van der Waals surface area (Å²) in [5.74, 6) is 0.531. The second-order valence-electron chi connectivity index (χ2n) is 3.70. The number of alkyl halides is 1. The van der Waals surface area contributed by atoms with Crippen molar-refractivity contribution in [2.24, 2.45) is 4.99 Å². The highest BCUT2D eigenvalue weighted by molar-refractivity contribution is 6.31. The van der Waals surface area contributed by atoms with Crippen LogP contribution in [-0.4, -0.2) is 17.4 Å². The molecule has 1 aromatic rings. The summed E-state index contributed by atoms with van der Waals surface area (Å²) in [6.07, 6.45) is 1.70. The van der Waals surface area contributed by atoms with E-state index < -0.39 is 0 Å². The van der Waals surface area contributed by atoms with Gasteiger partial charge in [-0.1, -0.05) is 30.3 Å². The van der Waals surface area contributed by atoms with Crippen LogP contribution in [0.5, 0.6) is 0 Å². The van der Waals surface area contributed by atoms with E-state index in [1.807, 2.05) is 30.3 Å². The van der Waals surface area contributed by atoms with E-state index in [9.17, 15) is 4.79 Å². The number of carbonyl (C=O) groups is 1. The molecule has 0 unspecified atom stereocenters. The molecule has 17 heavy (non-hydrogen) atoms. The fourth-order valence-electron chi connectivity index (χ4n) is 1.47. The quantitative estimate of drug-likeness (QED) is 0.770. The van der Waals surface area contributed by atoms with Crippen LogP contribution in [0.25, 0.3) is 0 Å². The minimum Gasteiger partial charge on any atom is -0.484 e. The topological polar surface area (TPSA) is 38.7 Å². The first kappa shape index (κ1) is 11.9. The first-order valence-corrected chi connectivity index (χ1v) is 5.84. The van der Waals surface area contributed by atoms with Crippen LogP contribution in [0, 0.1) is 0 Å². The van der Waals surface area contributed by atoms with E-state index in [1.165, 1.54) is 6.20 Å². The van der Waals surface area contributed by atoms with Crippen LogP contribution in [0.4, 0.5) is 0 Å². The first-order chi connectivity index (χ1) is 8.29. The van der Waals surface area contributed by atoms with Crippen LogP contribution in [0.2, 0.25) is 0 Å². The number of hydrogen-bond donors (Lipinski definition) is 0. The number of carbonyl (C=O) groups excluding carboxylic acids is 1. The molecule has 1 aromatic carbocycles. The summed E-state index contributed by atoms with van der Waals surface area (Å²) >= 11 is 5.61. The molecule has 0 aliphatic carbocycles. The summed E-state index contributed by atoms with van der Waals surface area (Å²) in [7, 11) is 0. The van der Waals surface area contributed by atoms with Crippen LogP contribution in [0.3, 0.4) is 0 Å². The molecular weight excluding hydrogens is 238 g/mol. The molecular formula is C13H12ClNO2. The van der Waals surface area contributed by atoms with Gasteiger partial charge in [-0.15, -0.1) is 11.6 Å². The van der Waals surface area contributed by atoms with E-state index in [4.69, 9.17) is 16.3 Å². The van der Waals surface area contributed by atoms with E-state index in [0.29, 0.717) is 18.1 Å². The number of ether oxygens (including phenoxy) is 1. The van der Waals surface area contributed by atoms with E-state index >= 15 is 0 Å². The lowest BCUT2D eigenvalue weighted by Gasteiger charge is -2.12. The molecule has 0 radical (unpaired) electrons. The average Bonchev–Trinajstić information content (AvgIpc) is 2.38. The summed E-state index contributed by atoms with van der Waals surface area (Å²) in [6.45, 7) is 0.379. The number of rotatable bonds is 4. The predicted octanol–water partition coefficient (Wildman–Crippen LogP) is 2.70. The molecule has 0 saturated heterocycles. The standard InChI is InChI=1S/C13H12ClNO2/c14-7-11-6-12(16)13(8-15-11)17-9-10-4-2-1-3-5-10/h1-5,8H,6-7,9H2. The van der Waals surface area contributed by atoms with Gasteiger partial charge in [-0.3, -0.25) is 9.79 Å². The van der Waals surface area contributed by atoms with Crippen LogP contribution in [-0.2, 0) is 16.1 Å². The van der Waals surface area contributed by atoms with Crippen molar-refractivity contribution in [3.8, 4) is 0 Å². The summed E-state index contributed by atoms with van der Waals surface area (Å²) < 4.78 is 5.44. The van der Waals surface area contributed by atoms with Crippen LogP contribution >= 0.6 is 11.6 Å². The van der Waals surface area contributed by atoms with Crippen molar-refractivity contribution in [1.29, 1.82) is 0 Å². The van der Waals surface area contributed by atoms with Gasteiger partial charge in [0.15, 0.2) is 5.76 Å². The molecule has 0 saturated carbocycles. The zero-order valence-electron chi connectivity index (χ0n) is 9.23. The molecule has 2 rings (SSSR count). The number of hydrogen-bond acceptors (Lipinski definition) is 3. The van der Waals surface area contributed by atoms with Crippen molar-refractivity contribution in [3.05, 3.63) is 47.9 Å². The number of ketones is 1. The lowest BCUT2D eigenvalue weighted by molar-refractivity contribution is -0.118. The molecule has 0 atom stereocenters. The zero-order valence-corrected chi connectivity index (χ0v) is 9.98. The number of benzene rings is 1. The molecule has 1 aliphatic rings. The van der Waals surface area contributed by atoms with Gasteiger partial charge in [-0.2, -0.15) is 0 Å². The average molecular weight is 250 g/mol. The van der Waals surface area contributed by atoms with Gasteiger partial charge in [0.2, 0.25) is 5.78 Å². The van der Waals surface area contributed by atoms with Gasteiger partial charge < -0.3 is 4.74 Å². The third kappa shape index (κ3) is 3.17. The highest BCUT2D eigenvalue weighted by Gasteiger charge is 2.17. The Kier molecular flexibility index (Phi) is 3.94. The maximum Gasteiger partial charge on any atom is 0.204 e. The van der Waals surface area contributed by atoms with E-state index in [-0.39, 0.29) is 18.1 Å². The van der Waals surface area contributed by atoms with E-state index in [2.05, 4.69) is 4.99 Å². The third-order valence-corrected chi connectivity index (χ3v) is 2.70. The van der Waals surface area contributed by atoms with Crippen LogP contribution < -0.4 is 0 Å². The van der Waals surface area contributed by atoms with Gasteiger partial charge in [0, 0.05) is 5.71 Å². The summed E-state index contributed by atoms with van der Waals surface area (Å²) in [5.41, 5.74) is 1.71. The summed E-state index contributed by atoms with van der Waals surface area (Å²) in [6, 6.07) is 9.69. The lowest BCUT2D eigenvalue weighted by Crippen LogP contribution is -2.16. The Balaban J connectivity index is 1.98. The predicted molar refractivity (Wildman–Crippen MR) is 67.1 cm³/mol. The van der Waals surface area contributed by atoms with Gasteiger partial charge in [-0.25, -0.2) is 0 Å². The van der Waals surface area contributed by atoms with E-state index in [1.54, 1.807) is 0 Å². The van der Waals surface area contributed by atoms with Crippen molar-refractivity contribution < 1.29 is 9.53 Å². The Bertz CT molecular complexity index is 466. The number of Topliss-reactive ketones (excluding diaryl/α,β-unsaturated/α-hetero) is 1. The van der Waals surface area contributed by atoms with Crippen molar-refractivity contribution in [2.45, 2.75) is 13.0 Å². The second-order valence-corrected chi connectivity index (χ2v) is 3.96. The monoisotopic (exact) mass is 249 g/mol. The molecule has 1 heterocycles. The van der Waals surface area contributed by atoms with Gasteiger partial charge in [-0.05, 0) is 5.56 Å². The summed E-state index contributed by atoms with van der Waals surface area (Å²) in [4.78, 5) is 15.7.